The smallest absolute Gasteiger partial charge is 0.145 e. The Bertz CT molecular complexity index is 375. The van der Waals surface area contributed by atoms with Gasteiger partial charge in [0.05, 0.1) is 6.10 Å². The average Bonchev–Trinajstić information content (AvgIpc) is 3.07. The molecule has 1 heterocycles. The van der Waals surface area contributed by atoms with Crippen LogP contribution in [0.2, 0.25) is 0 Å². The van der Waals surface area contributed by atoms with Gasteiger partial charge in [-0.1, -0.05) is 30.0 Å². The van der Waals surface area contributed by atoms with Gasteiger partial charge in [-0.25, -0.2) is 0 Å². The van der Waals surface area contributed by atoms with Crippen molar-refractivity contribution in [3.8, 4) is 11.8 Å². The molecule has 1 saturated heterocycles. The van der Waals surface area contributed by atoms with E-state index < -0.39 is 0 Å². The normalized spacial score (nSPS) is 22.3. The molecule has 0 unspecified atom stereocenters. The molecule has 2 heteroatoms. The maximum Gasteiger partial charge on any atom is 0.145 e. The molecule has 1 aliphatic rings. The highest BCUT2D eigenvalue weighted by Gasteiger charge is 2.36. The number of aliphatic hydroxyl groups excluding tert-OH is 1. The van der Waals surface area contributed by atoms with E-state index in [0.717, 1.165) is 24.8 Å². The van der Waals surface area contributed by atoms with Gasteiger partial charge in [0.2, 0.25) is 0 Å². The van der Waals surface area contributed by atoms with Crippen LogP contribution < -0.4 is 0 Å². The van der Waals surface area contributed by atoms with E-state index in [4.69, 9.17) is 9.84 Å². The predicted molar refractivity (Wildman–Crippen MR) is 62.9 cm³/mol. The molecule has 0 aliphatic carbocycles. The van der Waals surface area contributed by atoms with E-state index in [9.17, 15) is 0 Å². The zero-order chi connectivity index (χ0) is 11.2. The predicted octanol–water partition coefficient (Wildman–Crippen LogP) is 1.97. The summed E-state index contributed by atoms with van der Waals surface area (Å²) in [7, 11) is 0. The van der Waals surface area contributed by atoms with Crippen molar-refractivity contribution < 1.29 is 9.84 Å². The summed E-state index contributed by atoms with van der Waals surface area (Å²) in [5.41, 5.74) is 1.03. The first kappa shape index (κ1) is 11.2. The van der Waals surface area contributed by atoms with Crippen LogP contribution >= 0.6 is 0 Å². The molecule has 0 aromatic heterocycles. The molecule has 1 aliphatic heterocycles. The summed E-state index contributed by atoms with van der Waals surface area (Å²) in [6.07, 6.45) is 3.29. The van der Waals surface area contributed by atoms with Crippen LogP contribution in [0, 0.1) is 11.8 Å². The molecule has 0 saturated carbocycles. The van der Waals surface area contributed by atoms with Crippen molar-refractivity contribution in [2.24, 2.45) is 0 Å². The lowest BCUT2D eigenvalue weighted by atomic mass is 10.1. The fourth-order valence-electron chi connectivity index (χ4n) is 1.62. The van der Waals surface area contributed by atoms with Crippen LogP contribution in [0.25, 0.3) is 0 Å². The molecule has 2 rings (SSSR count). The van der Waals surface area contributed by atoms with Crippen molar-refractivity contribution in [1.82, 2.24) is 0 Å². The van der Waals surface area contributed by atoms with Gasteiger partial charge in [0.15, 0.2) is 0 Å². The molecule has 1 fully saturated rings. The fourth-order valence-corrected chi connectivity index (χ4v) is 1.62. The second kappa shape index (κ2) is 5.69. The first-order valence-corrected chi connectivity index (χ1v) is 5.73. The Morgan fingerprint density at radius 2 is 2.00 bits per heavy atom. The molecule has 0 radical (unpaired) electrons. The van der Waals surface area contributed by atoms with Crippen molar-refractivity contribution in [3.63, 3.8) is 0 Å². The van der Waals surface area contributed by atoms with E-state index in [1.54, 1.807) is 0 Å². The summed E-state index contributed by atoms with van der Waals surface area (Å²) < 4.78 is 5.43. The summed E-state index contributed by atoms with van der Waals surface area (Å²) in [4.78, 5) is 0. The molecule has 1 aromatic rings. The number of hydrogen-bond acceptors (Lipinski definition) is 2. The minimum absolute atomic E-state index is 0.110. The highest BCUT2D eigenvalue weighted by Crippen LogP contribution is 2.26. The zero-order valence-corrected chi connectivity index (χ0v) is 9.23. The first-order chi connectivity index (χ1) is 7.90. The molecule has 0 spiro atoms. The summed E-state index contributed by atoms with van der Waals surface area (Å²) in [5.74, 6) is 6.22. The largest absolute Gasteiger partial charge is 0.396 e. The maximum atomic E-state index is 8.65. The van der Waals surface area contributed by atoms with Crippen LogP contribution in [-0.4, -0.2) is 23.9 Å². The minimum atomic E-state index is 0.110. The highest BCUT2D eigenvalue weighted by molar-refractivity contribution is 5.35. The Balaban J connectivity index is 1.75. The Hall–Kier alpha value is -1.30. The van der Waals surface area contributed by atoms with Gasteiger partial charge in [-0.3, -0.25) is 0 Å². The standard InChI is InChI=1S/C14H16O2/c15-11-5-4-8-13-14(16-13)10-9-12-6-2-1-3-7-12/h1-3,6-7,13-15H,4-5,8,11H2/t13-,14+/m0/s1. The second-order valence-corrected chi connectivity index (χ2v) is 3.95. The lowest BCUT2D eigenvalue weighted by molar-refractivity contribution is 0.278. The van der Waals surface area contributed by atoms with E-state index in [-0.39, 0.29) is 12.7 Å². The molecule has 0 bridgehead atoms. The number of rotatable bonds is 4. The van der Waals surface area contributed by atoms with Gasteiger partial charge in [-0.05, 0) is 31.4 Å². The van der Waals surface area contributed by atoms with Crippen LogP contribution in [0.4, 0.5) is 0 Å². The molecular formula is C14H16O2. The van der Waals surface area contributed by atoms with Gasteiger partial charge in [0.1, 0.15) is 6.10 Å². The van der Waals surface area contributed by atoms with E-state index in [1.165, 1.54) is 0 Å². The van der Waals surface area contributed by atoms with Crippen molar-refractivity contribution in [2.45, 2.75) is 31.5 Å². The van der Waals surface area contributed by atoms with Gasteiger partial charge < -0.3 is 9.84 Å². The van der Waals surface area contributed by atoms with Crippen LogP contribution in [0.3, 0.4) is 0 Å². The Morgan fingerprint density at radius 3 is 2.75 bits per heavy atom. The van der Waals surface area contributed by atoms with Crippen LogP contribution in [0.5, 0.6) is 0 Å². The number of benzene rings is 1. The average molecular weight is 216 g/mol. The van der Waals surface area contributed by atoms with Crippen molar-refractivity contribution in [3.05, 3.63) is 35.9 Å². The topological polar surface area (TPSA) is 32.8 Å². The minimum Gasteiger partial charge on any atom is -0.396 e. The molecule has 1 N–H and O–H groups in total. The van der Waals surface area contributed by atoms with E-state index in [0.29, 0.717) is 6.10 Å². The van der Waals surface area contributed by atoms with E-state index >= 15 is 0 Å². The molecule has 16 heavy (non-hydrogen) atoms. The second-order valence-electron chi connectivity index (χ2n) is 3.95. The summed E-state index contributed by atoms with van der Waals surface area (Å²) >= 11 is 0. The van der Waals surface area contributed by atoms with Crippen molar-refractivity contribution >= 4 is 0 Å². The SMILES string of the molecule is OCCCC[C@@H]1O[C@@H]1C#Cc1ccccc1. The molecule has 84 valence electrons. The summed E-state index contributed by atoms with van der Waals surface area (Å²) in [6, 6.07) is 9.94. The summed E-state index contributed by atoms with van der Waals surface area (Å²) in [5, 5.41) is 8.65. The quantitative estimate of drug-likeness (QED) is 0.474. The Labute approximate surface area is 96.3 Å². The summed E-state index contributed by atoms with van der Waals surface area (Å²) in [6.45, 7) is 0.271. The number of aliphatic hydroxyl groups is 1. The third kappa shape index (κ3) is 3.37. The van der Waals surface area contributed by atoms with E-state index in [2.05, 4.69) is 11.8 Å². The lowest BCUT2D eigenvalue weighted by Crippen LogP contribution is -1.92. The highest BCUT2D eigenvalue weighted by atomic mass is 16.6. The van der Waals surface area contributed by atoms with Crippen LogP contribution in [-0.2, 0) is 4.74 Å². The monoisotopic (exact) mass is 216 g/mol. The fraction of sp³-hybridized carbons (Fsp3) is 0.429. The lowest BCUT2D eigenvalue weighted by Gasteiger charge is -1.91. The van der Waals surface area contributed by atoms with Gasteiger partial charge in [-0.15, -0.1) is 0 Å². The van der Waals surface area contributed by atoms with Gasteiger partial charge in [-0.2, -0.15) is 0 Å². The number of hydrogen-bond donors (Lipinski definition) is 1. The van der Waals surface area contributed by atoms with Crippen molar-refractivity contribution in [1.29, 1.82) is 0 Å². The molecule has 2 nitrogen and oxygen atoms in total. The van der Waals surface area contributed by atoms with Gasteiger partial charge in [0.25, 0.3) is 0 Å². The van der Waals surface area contributed by atoms with Gasteiger partial charge >= 0.3 is 0 Å². The van der Waals surface area contributed by atoms with Crippen LogP contribution in [0.15, 0.2) is 30.3 Å². The zero-order valence-electron chi connectivity index (χ0n) is 9.23. The Kier molecular flexibility index (Phi) is 3.98. The number of ether oxygens (including phenoxy) is 1. The third-order valence-electron chi connectivity index (χ3n) is 2.61. The van der Waals surface area contributed by atoms with Crippen LogP contribution in [0.1, 0.15) is 24.8 Å². The maximum absolute atomic E-state index is 8.65. The molecule has 2 atom stereocenters. The Morgan fingerprint density at radius 1 is 1.19 bits per heavy atom. The number of unbranched alkanes of at least 4 members (excludes halogenated alkanes) is 1. The molecule has 1 aromatic carbocycles. The molecule has 0 amide bonds. The van der Waals surface area contributed by atoms with E-state index in [1.807, 2.05) is 30.3 Å². The molecular weight excluding hydrogens is 200 g/mol. The van der Waals surface area contributed by atoms with Crippen molar-refractivity contribution in [2.75, 3.05) is 6.61 Å². The third-order valence-corrected chi connectivity index (χ3v) is 2.61. The van der Waals surface area contributed by atoms with Gasteiger partial charge in [0, 0.05) is 12.2 Å². The number of epoxide rings is 1. The first-order valence-electron chi connectivity index (χ1n) is 5.73.